The van der Waals surface area contributed by atoms with Gasteiger partial charge in [0.05, 0.1) is 12.4 Å². The lowest BCUT2D eigenvalue weighted by molar-refractivity contribution is 0.288. The van der Waals surface area contributed by atoms with E-state index in [4.69, 9.17) is 15.9 Å². The summed E-state index contributed by atoms with van der Waals surface area (Å²) in [6.07, 6.45) is 0. The van der Waals surface area contributed by atoms with Gasteiger partial charge < -0.3 is 10.5 Å². The van der Waals surface area contributed by atoms with E-state index >= 15 is 0 Å². The maximum atomic E-state index is 7.30. The van der Waals surface area contributed by atoms with Crippen LogP contribution in [0.25, 0.3) is 0 Å². The molecule has 16 heavy (non-hydrogen) atoms. The Balaban J connectivity index is 2.70. The smallest absolute Gasteiger partial charge is 0.122 e. The number of ether oxygens (including phenoxy) is 1. The Labute approximate surface area is 97.1 Å². The number of rotatable bonds is 5. The highest BCUT2D eigenvalue weighted by atomic mass is 16.5. The summed E-state index contributed by atoms with van der Waals surface area (Å²) in [7, 11) is 0. The zero-order valence-corrected chi connectivity index (χ0v) is 10.2. The second-order valence-electron chi connectivity index (χ2n) is 4.36. The van der Waals surface area contributed by atoms with Crippen LogP contribution in [0.15, 0.2) is 24.3 Å². The van der Waals surface area contributed by atoms with Crippen molar-refractivity contribution >= 4 is 5.84 Å². The van der Waals surface area contributed by atoms with Crippen LogP contribution in [-0.4, -0.2) is 12.4 Å². The fourth-order valence-electron chi connectivity index (χ4n) is 1.39. The van der Waals surface area contributed by atoms with Crippen molar-refractivity contribution in [3.05, 3.63) is 29.8 Å². The van der Waals surface area contributed by atoms with Crippen molar-refractivity contribution < 1.29 is 4.74 Å². The summed E-state index contributed by atoms with van der Waals surface area (Å²) in [4.78, 5) is 0. The Morgan fingerprint density at radius 2 is 1.94 bits per heavy atom. The van der Waals surface area contributed by atoms with Gasteiger partial charge in [-0.1, -0.05) is 39.0 Å². The van der Waals surface area contributed by atoms with Crippen LogP contribution in [0.1, 0.15) is 32.3 Å². The number of para-hydroxylation sites is 1. The predicted molar refractivity (Wildman–Crippen MR) is 67.1 cm³/mol. The van der Waals surface area contributed by atoms with Crippen molar-refractivity contribution in [2.24, 2.45) is 11.7 Å². The first-order valence-electron chi connectivity index (χ1n) is 5.58. The van der Waals surface area contributed by atoms with Crippen molar-refractivity contribution in [3.8, 4) is 5.75 Å². The van der Waals surface area contributed by atoms with E-state index in [0.717, 1.165) is 5.75 Å². The predicted octanol–water partition coefficient (Wildman–Crippen LogP) is 2.76. The lowest BCUT2D eigenvalue weighted by Crippen LogP contribution is -2.25. The SMILES string of the molecule is CC(COc1ccccc1C(C)C)C(=N)N. The molecule has 0 aromatic heterocycles. The highest BCUT2D eigenvalue weighted by Gasteiger charge is 2.10. The summed E-state index contributed by atoms with van der Waals surface area (Å²) in [5.41, 5.74) is 6.59. The average Bonchev–Trinajstić information content (AvgIpc) is 2.25. The Bertz CT molecular complexity index is 361. The van der Waals surface area contributed by atoms with E-state index in [1.807, 2.05) is 25.1 Å². The van der Waals surface area contributed by atoms with Crippen molar-refractivity contribution in [3.63, 3.8) is 0 Å². The zero-order chi connectivity index (χ0) is 12.1. The van der Waals surface area contributed by atoms with Gasteiger partial charge in [0, 0.05) is 5.92 Å². The third kappa shape index (κ3) is 3.26. The van der Waals surface area contributed by atoms with Crippen molar-refractivity contribution in [2.75, 3.05) is 6.61 Å². The Hall–Kier alpha value is -1.51. The second-order valence-corrected chi connectivity index (χ2v) is 4.36. The molecule has 1 atom stereocenters. The van der Waals surface area contributed by atoms with Gasteiger partial charge in [-0.3, -0.25) is 5.41 Å². The van der Waals surface area contributed by atoms with Gasteiger partial charge in [-0.15, -0.1) is 0 Å². The van der Waals surface area contributed by atoms with Gasteiger partial charge in [0.1, 0.15) is 5.75 Å². The topological polar surface area (TPSA) is 59.1 Å². The molecule has 1 unspecified atom stereocenters. The Kier molecular flexibility index (Phi) is 4.35. The van der Waals surface area contributed by atoms with E-state index in [9.17, 15) is 0 Å². The minimum atomic E-state index is -0.0415. The molecular weight excluding hydrogens is 200 g/mol. The van der Waals surface area contributed by atoms with Crippen molar-refractivity contribution in [2.45, 2.75) is 26.7 Å². The van der Waals surface area contributed by atoms with E-state index in [2.05, 4.69) is 19.9 Å². The molecule has 1 rings (SSSR count). The molecule has 0 radical (unpaired) electrons. The van der Waals surface area contributed by atoms with E-state index < -0.39 is 0 Å². The highest BCUT2D eigenvalue weighted by Crippen LogP contribution is 2.26. The molecule has 0 saturated heterocycles. The van der Waals surface area contributed by atoms with Crippen molar-refractivity contribution in [1.29, 1.82) is 5.41 Å². The first-order valence-corrected chi connectivity index (χ1v) is 5.58. The van der Waals surface area contributed by atoms with Gasteiger partial charge in [-0.2, -0.15) is 0 Å². The Morgan fingerprint density at radius 1 is 1.31 bits per heavy atom. The highest BCUT2D eigenvalue weighted by molar-refractivity contribution is 5.79. The monoisotopic (exact) mass is 220 g/mol. The van der Waals surface area contributed by atoms with Crippen LogP contribution < -0.4 is 10.5 Å². The quantitative estimate of drug-likeness (QED) is 0.592. The molecule has 0 amide bonds. The zero-order valence-electron chi connectivity index (χ0n) is 10.2. The van der Waals surface area contributed by atoms with Gasteiger partial charge >= 0.3 is 0 Å². The largest absolute Gasteiger partial charge is 0.493 e. The third-order valence-electron chi connectivity index (χ3n) is 2.56. The van der Waals surface area contributed by atoms with Crippen LogP contribution in [0.4, 0.5) is 0 Å². The number of benzene rings is 1. The van der Waals surface area contributed by atoms with E-state index in [1.165, 1.54) is 5.56 Å². The lowest BCUT2D eigenvalue weighted by atomic mass is 10.0. The lowest BCUT2D eigenvalue weighted by Gasteiger charge is -2.16. The van der Waals surface area contributed by atoms with Crippen LogP contribution >= 0.6 is 0 Å². The summed E-state index contributed by atoms with van der Waals surface area (Å²) in [6.45, 7) is 6.62. The molecule has 0 aliphatic heterocycles. The van der Waals surface area contributed by atoms with E-state index in [-0.39, 0.29) is 11.8 Å². The molecule has 0 aliphatic carbocycles. The van der Waals surface area contributed by atoms with Gasteiger partial charge in [0.2, 0.25) is 0 Å². The van der Waals surface area contributed by atoms with Crippen molar-refractivity contribution in [1.82, 2.24) is 0 Å². The fraction of sp³-hybridized carbons (Fsp3) is 0.462. The number of nitrogens with two attached hydrogens (primary N) is 1. The molecule has 0 fully saturated rings. The molecule has 3 N–H and O–H groups in total. The van der Waals surface area contributed by atoms with Gasteiger partial charge in [0.15, 0.2) is 0 Å². The van der Waals surface area contributed by atoms with Crippen LogP contribution in [0.5, 0.6) is 5.75 Å². The summed E-state index contributed by atoms with van der Waals surface area (Å²) in [6, 6.07) is 8.00. The van der Waals surface area contributed by atoms with Crippen LogP contribution in [-0.2, 0) is 0 Å². The molecule has 0 saturated carbocycles. The van der Waals surface area contributed by atoms with E-state index in [0.29, 0.717) is 12.5 Å². The maximum Gasteiger partial charge on any atom is 0.122 e. The van der Waals surface area contributed by atoms with Crippen LogP contribution in [0.3, 0.4) is 0 Å². The summed E-state index contributed by atoms with van der Waals surface area (Å²) < 4.78 is 5.70. The molecule has 3 heteroatoms. The summed E-state index contributed by atoms with van der Waals surface area (Å²) in [5, 5.41) is 7.30. The third-order valence-corrected chi connectivity index (χ3v) is 2.56. The number of hydrogen-bond donors (Lipinski definition) is 2. The molecule has 0 spiro atoms. The molecule has 0 aliphatic rings. The second kappa shape index (κ2) is 5.54. The molecule has 1 aromatic carbocycles. The fourth-order valence-corrected chi connectivity index (χ4v) is 1.39. The van der Waals surface area contributed by atoms with E-state index in [1.54, 1.807) is 0 Å². The number of hydrogen-bond acceptors (Lipinski definition) is 2. The summed E-state index contributed by atoms with van der Waals surface area (Å²) >= 11 is 0. The van der Waals surface area contributed by atoms with Crippen LogP contribution in [0, 0.1) is 11.3 Å². The molecular formula is C13H20N2O. The molecule has 3 nitrogen and oxygen atoms in total. The molecule has 88 valence electrons. The number of nitrogens with one attached hydrogen (secondary N) is 1. The maximum absolute atomic E-state index is 7.30. The van der Waals surface area contributed by atoms with Gasteiger partial charge in [-0.05, 0) is 17.5 Å². The molecule has 0 heterocycles. The minimum absolute atomic E-state index is 0.0415. The first-order chi connectivity index (χ1) is 7.52. The molecule has 0 bridgehead atoms. The van der Waals surface area contributed by atoms with Crippen LogP contribution in [0.2, 0.25) is 0 Å². The average molecular weight is 220 g/mol. The Morgan fingerprint density at radius 3 is 2.50 bits per heavy atom. The first kappa shape index (κ1) is 12.6. The van der Waals surface area contributed by atoms with Gasteiger partial charge in [0.25, 0.3) is 0 Å². The molecule has 1 aromatic rings. The normalized spacial score (nSPS) is 12.5. The van der Waals surface area contributed by atoms with Gasteiger partial charge in [-0.25, -0.2) is 0 Å². The minimum Gasteiger partial charge on any atom is -0.493 e. The standard InChI is InChI=1S/C13H20N2O/c1-9(2)11-6-4-5-7-12(11)16-8-10(3)13(14)15/h4-7,9-10H,8H2,1-3H3,(H3,14,15). The summed E-state index contributed by atoms with van der Waals surface area (Å²) in [5.74, 6) is 1.46. The number of amidine groups is 1.